The van der Waals surface area contributed by atoms with Crippen molar-refractivity contribution >= 4 is 0 Å². The molecule has 1 heterocycles. The average Bonchev–Trinajstić information content (AvgIpc) is 2.88. The molecule has 98 valence electrons. The third-order valence-electron chi connectivity index (χ3n) is 2.85. The molecule has 19 heavy (non-hydrogen) atoms. The highest BCUT2D eigenvalue weighted by Crippen LogP contribution is 2.32. The van der Waals surface area contributed by atoms with Crippen LogP contribution in [0.1, 0.15) is 32.4 Å². The van der Waals surface area contributed by atoms with Crippen LogP contribution in [-0.2, 0) is 0 Å². The summed E-state index contributed by atoms with van der Waals surface area (Å²) in [7, 11) is 0. The number of aromatic nitrogens is 2. The van der Waals surface area contributed by atoms with Crippen LogP contribution in [0.3, 0.4) is 0 Å². The molecule has 0 aliphatic carbocycles. The number of benzene rings is 1. The van der Waals surface area contributed by atoms with Gasteiger partial charge in [0.05, 0.1) is 23.9 Å². The lowest BCUT2D eigenvalue weighted by atomic mass is 10.1. The zero-order valence-electron chi connectivity index (χ0n) is 11.4. The predicted octanol–water partition coefficient (Wildman–Crippen LogP) is 3.40. The number of hydrogen-bond acceptors (Lipinski definition) is 3. The molecule has 4 nitrogen and oxygen atoms in total. The Kier molecular flexibility index (Phi) is 3.86. The Morgan fingerprint density at radius 3 is 2.79 bits per heavy atom. The highest BCUT2D eigenvalue weighted by Gasteiger charge is 2.13. The lowest BCUT2D eigenvalue weighted by Crippen LogP contribution is -2.05. The second-order valence-corrected chi connectivity index (χ2v) is 4.51. The van der Waals surface area contributed by atoms with E-state index in [2.05, 4.69) is 25.0 Å². The van der Waals surface area contributed by atoms with Crippen molar-refractivity contribution in [1.82, 2.24) is 9.78 Å². The lowest BCUT2D eigenvalue weighted by molar-refractivity contribution is 0.341. The second-order valence-electron chi connectivity index (χ2n) is 4.51. The molecule has 1 aromatic carbocycles. The molecular weight excluding hydrogens is 238 g/mol. The van der Waals surface area contributed by atoms with Crippen LogP contribution in [-0.4, -0.2) is 16.4 Å². The predicted molar refractivity (Wildman–Crippen MR) is 73.9 cm³/mol. The molecule has 0 aliphatic heterocycles. The molecule has 0 amide bonds. The van der Waals surface area contributed by atoms with Gasteiger partial charge in [-0.25, -0.2) is 0 Å². The molecule has 0 atom stereocenters. The Labute approximate surface area is 113 Å². The molecule has 0 bridgehead atoms. The minimum absolute atomic E-state index is 0.273. The summed E-state index contributed by atoms with van der Waals surface area (Å²) in [5.74, 6) is 0.726. The van der Waals surface area contributed by atoms with Crippen LogP contribution in [0.5, 0.6) is 5.75 Å². The lowest BCUT2D eigenvalue weighted by Gasteiger charge is -2.14. The van der Waals surface area contributed by atoms with E-state index in [0.717, 1.165) is 17.0 Å². The molecule has 1 aromatic heterocycles. The molecule has 0 fully saturated rings. The van der Waals surface area contributed by atoms with Crippen LogP contribution in [0.4, 0.5) is 0 Å². The SMILES string of the molecule is CCOc1cc(C#N)ccc1-c1ccnn1C(C)C. The largest absolute Gasteiger partial charge is 0.493 e. The van der Waals surface area contributed by atoms with Gasteiger partial charge in [-0.3, -0.25) is 4.68 Å². The molecule has 0 saturated heterocycles. The van der Waals surface area contributed by atoms with Crippen molar-refractivity contribution in [2.45, 2.75) is 26.8 Å². The molecule has 0 spiro atoms. The zero-order chi connectivity index (χ0) is 13.8. The highest BCUT2D eigenvalue weighted by molar-refractivity contribution is 5.69. The smallest absolute Gasteiger partial charge is 0.129 e. The summed E-state index contributed by atoms with van der Waals surface area (Å²) in [6.45, 7) is 6.67. The Hall–Kier alpha value is -2.28. The van der Waals surface area contributed by atoms with E-state index in [4.69, 9.17) is 10.00 Å². The first-order valence-corrected chi connectivity index (χ1v) is 6.38. The topological polar surface area (TPSA) is 50.8 Å². The van der Waals surface area contributed by atoms with Gasteiger partial charge >= 0.3 is 0 Å². The quantitative estimate of drug-likeness (QED) is 0.841. The molecule has 0 N–H and O–H groups in total. The number of nitriles is 1. The van der Waals surface area contributed by atoms with E-state index in [1.807, 2.05) is 23.7 Å². The van der Waals surface area contributed by atoms with Gasteiger partial charge in [-0.1, -0.05) is 0 Å². The molecular formula is C15H17N3O. The number of ether oxygens (including phenoxy) is 1. The van der Waals surface area contributed by atoms with Crippen molar-refractivity contribution in [3.05, 3.63) is 36.0 Å². The first-order valence-electron chi connectivity index (χ1n) is 6.38. The van der Waals surface area contributed by atoms with Crippen molar-refractivity contribution < 1.29 is 4.74 Å². The number of rotatable bonds is 4. The normalized spacial score (nSPS) is 10.5. The third-order valence-corrected chi connectivity index (χ3v) is 2.85. The maximum atomic E-state index is 8.97. The Balaban J connectivity index is 2.55. The maximum absolute atomic E-state index is 8.97. The number of nitrogens with zero attached hydrogens (tertiary/aromatic N) is 3. The molecule has 4 heteroatoms. The zero-order valence-corrected chi connectivity index (χ0v) is 11.4. The van der Waals surface area contributed by atoms with Gasteiger partial charge in [0, 0.05) is 17.8 Å². The van der Waals surface area contributed by atoms with E-state index in [1.54, 1.807) is 18.3 Å². The Bertz CT molecular complexity index is 608. The van der Waals surface area contributed by atoms with Gasteiger partial charge in [0.25, 0.3) is 0 Å². The van der Waals surface area contributed by atoms with Crippen molar-refractivity contribution in [3.8, 4) is 23.1 Å². The molecule has 0 radical (unpaired) electrons. The van der Waals surface area contributed by atoms with Crippen LogP contribution in [0, 0.1) is 11.3 Å². The molecule has 0 unspecified atom stereocenters. The van der Waals surface area contributed by atoms with Gasteiger partial charge in [0.2, 0.25) is 0 Å². The van der Waals surface area contributed by atoms with E-state index < -0.39 is 0 Å². The van der Waals surface area contributed by atoms with Crippen LogP contribution >= 0.6 is 0 Å². The molecule has 2 aromatic rings. The van der Waals surface area contributed by atoms with Crippen molar-refractivity contribution in [1.29, 1.82) is 5.26 Å². The van der Waals surface area contributed by atoms with Crippen molar-refractivity contribution in [2.24, 2.45) is 0 Å². The van der Waals surface area contributed by atoms with Gasteiger partial charge < -0.3 is 4.74 Å². The van der Waals surface area contributed by atoms with E-state index >= 15 is 0 Å². The fraction of sp³-hybridized carbons (Fsp3) is 0.333. The van der Waals surface area contributed by atoms with Gasteiger partial charge in [0.15, 0.2) is 0 Å². The molecule has 0 aliphatic rings. The summed E-state index contributed by atoms with van der Waals surface area (Å²) < 4.78 is 7.59. The van der Waals surface area contributed by atoms with E-state index in [0.29, 0.717) is 12.2 Å². The highest BCUT2D eigenvalue weighted by atomic mass is 16.5. The molecule has 2 rings (SSSR count). The van der Waals surface area contributed by atoms with Gasteiger partial charge in [-0.2, -0.15) is 10.4 Å². The fourth-order valence-electron chi connectivity index (χ4n) is 2.02. The van der Waals surface area contributed by atoms with Crippen LogP contribution in [0.2, 0.25) is 0 Å². The average molecular weight is 255 g/mol. The summed E-state index contributed by atoms with van der Waals surface area (Å²) >= 11 is 0. The van der Waals surface area contributed by atoms with Crippen LogP contribution in [0.25, 0.3) is 11.3 Å². The fourth-order valence-corrected chi connectivity index (χ4v) is 2.02. The van der Waals surface area contributed by atoms with E-state index in [-0.39, 0.29) is 6.04 Å². The van der Waals surface area contributed by atoms with Gasteiger partial charge in [-0.05, 0) is 45.0 Å². The number of hydrogen-bond donors (Lipinski definition) is 0. The summed E-state index contributed by atoms with van der Waals surface area (Å²) in [4.78, 5) is 0. The monoisotopic (exact) mass is 255 g/mol. The summed E-state index contributed by atoms with van der Waals surface area (Å²) in [5, 5.41) is 13.3. The van der Waals surface area contributed by atoms with E-state index in [9.17, 15) is 0 Å². The summed E-state index contributed by atoms with van der Waals surface area (Å²) in [6.07, 6.45) is 1.78. The summed E-state index contributed by atoms with van der Waals surface area (Å²) in [6, 6.07) is 9.86. The van der Waals surface area contributed by atoms with Crippen LogP contribution in [0.15, 0.2) is 30.5 Å². The minimum Gasteiger partial charge on any atom is -0.493 e. The Morgan fingerprint density at radius 1 is 1.37 bits per heavy atom. The van der Waals surface area contributed by atoms with E-state index in [1.165, 1.54) is 0 Å². The first-order chi connectivity index (χ1) is 9.17. The first kappa shape index (κ1) is 13.2. The molecule has 0 saturated carbocycles. The maximum Gasteiger partial charge on any atom is 0.129 e. The second kappa shape index (κ2) is 5.57. The minimum atomic E-state index is 0.273. The third kappa shape index (κ3) is 2.60. The summed E-state index contributed by atoms with van der Waals surface area (Å²) in [5.41, 5.74) is 2.57. The van der Waals surface area contributed by atoms with Gasteiger partial charge in [-0.15, -0.1) is 0 Å². The van der Waals surface area contributed by atoms with Crippen LogP contribution < -0.4 is 4.74 Å². The van der Waals surface area contributed by atoms with Crippen molar-refractivity contribution in [2.75, 3.05) is 6.61 Å². The van der Waals surface area contributed by atoms with Crippen molar-refractivity contribution in [3.63, 3.8) is 0 Å². The standard InChI is InChI=1S/C15H17N3O/c1-4-19-15-9-12(10-16)5-6-13(15)14-7-8-17-18(14)11(2)3/h5-9,11H,4H2,1-3H3. The van der Waals surface area contributed by atoms with Gasteiger partial charge in [0.1, 0.15) is 5.75 Å². The Morgan fingerprint density at radius 2 is 2.16 bits per heavy atom.